The highest BCUT2D eigenvalue weighted by Crippen LogP contribution is 2.16. The van der Waals surface area contributed by atoms with E-state index in [2.05, 4.69) is 14.5 Å². The van der Waals surface area contributed by atoms with Crippen LogP contribution in [0.5, 0.6) is 0 Å². The molecule has 1 aromatic heterocycles. The lowest BCUT2D eigenvalue weighted by Gasteiger charge is -2.34. The molecule has 8 nitrogen and oxygen atoms in total. The molecule has 0 bridgehead atoms. The first-order valence-corrected chi connectivity index (χ1v) is 8.28. The summed E-state index contributed by atoms with van der Waals surface area (Å²) in [5.41, 5.74) is 0.317. The molecule has 0 radical (unpaired) electrons. The summed E-state index contributed by atoms with van der Waals surface area (Å²) in [7, 11) is 0. The second-order valence-corrected chi connectivity index (χ2v) is 6.11. The van der Waals surface area contributed by atoms with Gasteiger partial charge in [0.25, 0.3) is 11.6 Å². The molecule has 1 amide bonds. The Balaban J connectivity index is 1.53. The first-order chi connectivity index (χ1) is 12.0. The molecule has 0 aliphatic carbocycles. The molecule has 1 aliphatic heterocycles. The number of piperazine rings is 1. The quantitative estimate of drug-likeness (QED) is 0.607. The van der Waals surface area contributed by atoms with Crippen molar-refractivity contribution in [1.82, 2.24) is 19.4 Å². The van der Waals surface area contributed by atoms with Crippen LogP contribution >= 0.6 is 0 Å². The molecule has 0 saturated carbocycles. The normalized spacial score (nSPS) is 15.3. The number of aryl methyl sites for hydroxylation is 1. The highest BCUT2D eigenvalue weighted by atomic mass is 16.6. The summed E-state index contributed by atoms with van der Waals surface area (Å²) < 4.78 is 2.11. The fraction of sp³-hybridized carbons (Fsp3) is 0.412. The van der Waals surface area contributed by atoms with Crippen molar-refractivity contribution in [3.63, 3.8) is 0 Å². The summed E-state index contributed by atoms with van der Waals surface area (Å²) >= 11 is 0. The van der Waals surface area contributed by atoms with E-state index in [4.69, 9.17) is 0 Å². The number of nitrogens with zero attached hydrogens (tertiary/aromatic N) is 5. The number of rotatable bonds is 5. The molecule has 8 heteroatoms. The highest BCUT2D eigenvalue weighted by molar-refractivity contribution is 5.94. The number of nitro groups is 1. The van der Waals surface area contributed by atoms with E-state index in [1.165, 1.54) is 12.1 Å². The van der Waals surface area contributed by atoms with E-state index in [0.29, 0.717) is 18.7 Å². The third-order valence-corrected chi connectivity index (χ3v) is 4.54. The predicted molar refractivity (Wildman–Crippen MR) is 92.4 cm³/mol. The molecule has 1 saturated heterocycles. The molecule has 1 fully saturated rings. The maximum atomic E-state index is 12.5. The minimum Gasteiger partial charge on any atom is -0.336 e. The number of carbonyl (C=O) groups excluding carboxylic acids is 1. The van der Waals surface area contributed by atoms with Crippen molar-refractivity contribution in [3.8, 4) is 0 Å². The zero-order chi connectivity index (χ0) is 17.8. The smallest absolute Gasteiger partial charge is 0.270 e. The highest BCUT2D eigenvalue weighted by Gasteiger charge is 2.23. The van der Waals surface area contributed by atoms with Crippen LogP contribution in [0.25, 0.3) is 0 Å². The van der Waals surface area contributed by atoms with Crippen LogP contribution in [-0.2, 0) is 6.54 Å². The summed E-state index contributed by atoms with van der Waals surface area (Å²) in [4.78, 5) is 31.2. The van der Waals surface area contributed by atoms with Crippen molar-refractivity contribution in [1.29, 1.82) is 0 Å². The molecule has 132 valence electrons. The molecule has 0 spiro atoms. The summed E-state index contributed by atoms with van der Waals surface area (Å²) in [6.07, 6.45) is 3.77. The average Bonchev–Trinajstić information content (AvgIpc) is 3.05. The number of non-ortho nitro benzene ring substituents is 1. The van der Waals surface area contributed by atoms with Crippen LogP contribution in [0, 0.1) is 17.0 Å². The van der Waals surface area contributed by atoms with Crippen LogP contribution in [0.2, 0.25) is 0 Å². The molecular weight excluding hydrogens is 322 g/mol. The van der Waals surface area contributed by atoms with Crippen LogP contribution in [0.1, 0.15) is 16.2 Å². The van der Waals surface area contributed by atoms with E-state index in [1.807, 2.05) is 13.1 Å². The van der Waals surface area contributed by atoms with Crippen LogP contribution in [0.4, 0.5) is 5.69 Å². The van der Waals surface area contributed by atoms with Gasteiger partial charge in [-0.15, -0.1) is 0 Å². The van der Waals surface area contributed by atoms with Crippen molar-refractivity contribution in [3.05, 3.63) is 58.2 Å². The van der Waals surface area contributed by atoms with Crippen molar-refractivity contribution in [2.45, 2.75) is 13.5 Å². The minimum atomic E-state index is -0.479. The second kappa shape index (κ2) is 7.43. The number of nitro benzene ring substituents is 1. The summed E-state index contributed by atoms with van der Waals surface area (Å²) in [6, 6.07) is 5.92. The van der Waals surface area contributed by atoms with E-state index < -0.39 is 4.92 Å². The zero-order valence-corrected chi connectivity index (χ0v) is 14.2. The van der Waals surface area contributed by atoms with Gasteiger partial charge in [-0.2, -0.15) is 0 Å². The number of hydrogen-bond acceptors (Lipinski definition) is 5. The van der Waals surface area contributed by atoms with Gasteiger partial charge in [0.1, 0.15) is 5.82 Å². The Hall–Kier alpha value is -2.74. The zero-order valence-electron chi connectivity index (χ0n) is 14.2. The van der Waals surface area contributed by atoms with E-state index in [1.54, 1.807) is 23.2 Å². The Morgan fingerprint density at radius 1 is 1.24 bits per heavy atom. The molecule has 2 aromatic rings. The lowest BCUT2D eigenvalue weighted by molar-refractivity contribution is -0.384. The molecule has 25 heavy (non-hydrogen) atoms. The maximum Gasteiger partial charge on any atom is 0.270 e. The molecule has 1 aliphatic rings. The molecule has 3 rings (SSSR count). The van der Waals surface area contributed by atoms with Gasteiger partial charge >= 0.3 is 0 Å². The van der Waals surface area contributed by atoms with Gasteiger partial charge in [0.05, 0.1) is 4.92 Å². The molecular formula is C17H21N5O3. The number of hydrogen-bond donors (Lipinski definition) is 0. The number of aromatic nitrogens is 2. The van der Waals surface area contributed by atoms with Crippen molar-refractivity contribution in [2.24, 2.45) is 0 Å². The monoisotopic (exact) mass is 343 g/mol. The van der Waals surface area contributed by atoms with Gasteiger partial charge in [-0.25, -0.2) is 4.98 Å². The van der Waals surface area contributed by atoms with Crippen LogP contribution in [0.15, 0.2) is 36.7 Å². The van der Waals surface area contributed by atoms with Gasteiger partial charge in [0, 0.05) is 69.4 Å². The second-order valence-electron chi connectivity index (χ2n) is 6.11. The van der Waals surface area contributed by atoms with Crippen LogP contribution < -0.4 is 0 Å². The Morgan fingerprint density at radius 2 is 2.00 bits per heavy atom. The van der Waals surface area contributed by atoms with E-state index in [0.717, 1.165) is 32.0 Å². The van der Waals surface area contributed by atoms with Crippen molar-refractivity contribution in [2.75, 3.05) is 32.7 Å². The van der Waals surface area contributed by atoms with Crippen LogP contribution in [0.3, 0.4) is 0 Å². The number of carbonyl (C=O) groups is 1. The van der Waals surface area contributed by atoms with Gasteiger partial charge in [0.2, 0.25) is 0 Å². The van der Waals surface area contributed by atoms with Crippen molar-refractivity contribution >= 4 is 11.6 Å². The van der Waals surface area contributed by atoms with Gasteiger partial charge in [-0.3, -0.25) is 19.8 Å². The molecule has 0 atom stereocenters. The Labute approximate surface area is 145 Å². The molecule has 1 aromatic carbocycles. The van der Waals surface area contributed by atoms with Gasteiger partial charge in [0.15, 0.2) is 0 Å². The van der Waals surface area contributed by atoms with Crippen LogP contribution in [-0.4, -0.2) is 62.9 Å². The Bertz CT molecular complexity index is 765. The number of benzene rings is 1. The fourth-order valence-corrected chi connectivity index (χ4v) is 3.00. The Kier molecular flexibility index (Phi) is 5.08. The topological polar surface area (TPSA) is 84.5 Å². The summed E-state index contributed by atoms with van der Waals surface area (Å²) in [5.74, 6) is 0.855. The minimum absolute atomic E-state index is 0.0554. The molecule has 2 heterocycles. The maximum absolute atomic E-state index is 12.5. The first kappa shape index (κ1) is 17.1. The average molecular weight is 343 g/mol. The molecule has 0 unspecified atom stereocenters. The lowest BCUT2D eigenvalue weighted by atomic mass is 10.1. The van der Waals surface area contributed by atoms with Gasteiger partial charge < -0.3 is 9.47 Å². The SMILES string of the molecule is Cc1nccn1CCN1CCN(C(=O)c2cccc([N+](=O)[O-])c2)CC1. The Morgan fingerprint density at radius 3 is 2.64 bits per heavy atom. The summed E-state index contributed by atoms with van der Waals surface area (Å²) in [6.45, 7) is 6.63. The fourth-order valence-electron chi connectivity index (χ4n) is 3.00. The van der Waals surface area contributed by atoms with E-state index in [-0.39, 0.29) is 11.6 Å². The molecule has 0 N–H and O–H groups in total. The van der Waals surface area contributed by atoms with Crippen molar-refractivity contribution < 1.29 is 9.72 Å². The standard InChI is InChI=1S/C17H21N5O3/c1-14-18-5-6-20(14)10-7-19-8-11-21(12-9-19)17(23)15-3-2-4-16(13-15)22(24)25/h2-6,13H,7-12H2,1H3. The number of amides is 1. The third-order valence-electron chi connectivity index (χ3n) is 4.54. The van der Waals surface area contributed by atoms with Gasteiger partial charge in [-0.05, 0) is 13.0 Å². The third kappa shape index (κ3) is 4.03. The first-order valence-electron chi connectivity index (χ1n) is 8.28. The predicted octanol–water partition coefficient (Wildman–Crippen LogP) is 1.56. The largest absolute Gasteiger partial charge is 0.336 e. The number of imidazole rings is 1. The van der Waals surface area contributed by atoms with E-state index in [9.17, 15) is 14.9 Å². The lowest BCUT2D eigenvalue weighted by Crippen LogP contribution is -2.49. The van der Waals surface area contributed by atoms with Gasteiger partial charge in [-0.1, -0.05) is 6.07 Å². The summed E-state index contributed by atoms with van der Waals surface area (Å²) in [5, 5.41) is 10.9. The van der Waals surface area contributed by atoms with E-state index >= 15 is 0 Å².